The van der Waals surface area contributed by atoms with Gasteiger partial charge < -0.3 is 20.9 Å². The third kappa shape index (κ3) is 5.53. The third-order valence-corrected chi connectivity index (χ3v) is 5.25. The first-order chi connectivity index (χ1) is 14.3. The van der Waals surface area contributed by atoms with Crippen LogP contribution in [-0.2, 0) is 0 Å². The van der Waals surface area contributed by atoms with E-state index in [1.54, 1.807) is 6.07 Å². The number of anilines is 3. The highest BCUT2D eigenvalue weighted by Crippen LogP contribution is 2.28. The molecule has 6 nitrogen and oxygen atoms in total. The van der Waals surface area contributed by atoms with E-state index in [4.69, 9.17) is 0 Å². The van der Waals surface area contributed by atoms with Gasteiger partial charge >= 0.3 is 6.03 Å². The van der Waals surface area contributed by atoms with Gasteiger partial charge in [-0.3, -0.25) is 4.79 Å². The molecule has 0 atom stereocenters. The van der Waals surface area contributed by atoms with E-state index in [-0.39, 0.29) is 11.9 Å². The Morgan fingerprint density at radius 1 is 1.00 bits per heavy atom. The van der Waals surface area contributed by atoms with Crippen LogP contribution < -0.4 is 20.9 Å². The van der Waals surface area contributed by atoms with Crippen molar-refractivity contribution in [2.75, 3.05) is 35.2 Å². The highest BCUT2D eigenvalue weighted by atomic mass is 16.2. The van der Waals surface area contributed by atoms with Crippen LogP contribution in [0, 0.1) is 19.8 Å². The van der Waals surface area contributed by atoms with Gasteiger partial charge in [0.25, 0.3) is 5.91 Å². The molecule has 1 fully saturated rings. The molecule has 0 unspecified atom stereocenters. The summed E-state index contributed by atoms with van der Waals surface area (Å²) in [5.74, 6) is 0.262. The molecule has 0 saturated carbocycles. The second-order valence-electron chi connectivity index (χ2n) is 8.43. The van der Waals surface area contributed by atoms with Crippen molar-refractivity contribution < 1.29 is 9.59 Å². The van der Waals surface area contributed by atoms with E-state index in [0.717, 1.165) is 48.4 Å². The second-order valence-corrected chi connectivity index (χ2v) is 8.43. The Balaban J connectivity index is 1.78. The van der Waals surface area contributed by atoms with Crippen LogP contribution in [0.25, 0.3) is 0 Å². The molecule has 1 aliphatic heterocycles. The Bertz CT molecular complexity index is 917. The number of nitrogens with one attached hydrogen (secondary N) is 3. The van der Waals surface area contributed by atoms with Crippen LogP contribution in [0.1, 0.15) is 48.2 Å². The number of carbonyl (C=O) groups is 2. The van der Waals surface area contributed by atoms with Crippen molar-refractivity contribution in [1.29, 1.82) is 0 Å². The monoisotopic (exact) mass is 408 g/mol. The zero-order chi connectivity index (χ0) is 21.7. The number of rotatable bonds is 6. The lowest BCUT2D eigenvalue weighted by Gasteiger charge is -2.22. The summed E-state index contributed by atoms with van der Waals surface area (Å²) in [6.45, 7) is 10.6. The molecule has 2 aromatic carbocycles. The highest BCUT2D eigenvalue weighted by Gasteiger charge is 2.20. The molecular formula is C24H32N4O2. The summed E-state index contributed by atoms with van der Waals surface area (Å²) in [6, 6.07) is 11.1. The Kier molecular flexibility index (Phi) is 6.98. The number of urea groups is 1. The first-order valence-electron chi connectivity index (χ1n) is 10.7. The molecule has 3 rings (SSSR count). The van der Waals surface area contributed by atoms with E-state index in [9.17, 15) is 9.59 Å². The predicted molar refractivity (Wildman–Crippen MR) is 124 cm³/mol. The molecule has 0 spiro atoms. The van der Waals surface area contributed by atoms with Crippen molar-refractivity contribution in [3.63, 3.8) is 0 Å². The van der Waals surface area contributed by atoms with Crippen molar-refractivity contribution in [2.24, 2.45) is 5.92 Å². The fraction of sp³-hybridized carbons (Fsp3) is 0.417. The summed E-state index contributed by atoms with van der Waals surface area (Å²) < 4.78 is 0. The van der Waals surface area contributed by atoms with Crippen LogP contribution in [0.3, 0.4) is 0 Å². The van der Waals surface area contributed by atoms with E-state index in [0.29, 0.717) is 23.7 Å². The van der Waals surface area contributed by atoms with Crippen molar-refractivity contribution in [2.45, 2.75) is 40.5 Å². The molecule has 0 radical (unpaired) electrons. The molecule has 0 aromatic heterocycles. The van der Waals surface area contributed by atoms with E-state index >= 15 is 0 Å². The molecule has 160 valence electrons. The molecule has 0 bridgehead atoms. The van der Waals surface area contributed by atoms with Crippen molar-refractivity contribution in [3.05, 3.63) is 53.1 Å². The van der Waals surface area contributed by atoms with Gasteiger partial charge in [-0.2, -0.15) is 0 Å². The van der Waals surface area contributed by atoms with Gasteiger partial charge in [0.05, 0.1) is 5.56 Å². The topological polar surface area (TPSA) is 73.5 Å². The maximum absolute atomic E-state index is 12.9. The number of amides is 3. The van der Waals surface area contributed by atoms with Crippen LogP contribution in [-0.4, -0.2) is 31.6 Å². The van der Waals surface area contributed by atoms with E-state index in [1.165, 1.54) is 0 Å². The number of hydrogen-bond donors (Lipinski definition) is 3. The zero-order valence-electron chi connectivity index (χ0n) is 18.3. The minimum atomic E-state index is -0.329. The number of benzene rings is 2. The average Bonchev–Trinajstić information content (AvgIpc) is 3.23. The first-order valence-corrected chi connectivity index (χ1v) is 10.7. The van der Waals surface area contributed by atoms with E-state index < -0.39 is 0 Å². The summed E-state index contributed by atoms with van der Waals surface area (Å²) in [5, 5.41) is 8.75. The maximum atomic E-state index is 12.9. The van der Waals surface area contributed by atoms with Crippen molar-refractivity contribution in [1.82, 2.24) is 5.32 Å². The van der Waals surface area contributed by atoms with E-state index in [2.05, 4.69) is 34.7 Å². The zero-order valence-corrected chi connectivity index (χ0v) is 18.3. The van der Waals surface area contributed by atoms with Gasteiger partial charge in [-0.05, 0) is 62.4 Å². The van der Waals surface area contributed by atoms with Gasteiger partial charge in [0, 0.05) is 36.7 Å². The lowest BCUT2D eigenvalue weighted by molar-refractivity contribution is 0.0949. The molecule has 1 saturated heterocycles. The van der Waals surface area contributed by atoms with Crippen LogP contribution in [0.2, 0.25) is 0 Å². The summed E-state index contributed by atoms with van der Waals surface area (Å²) >= 11 is 0. The van der Waals surface area contributed by atoms with Crippen molar-refractivity contribution in [3.8, 4) is 0 Å². The second kappa shape index (κ2) is 9.65. The standard InChI is InChI=1S/C24H32N4O2/c1-16(2)15-25-23(29)20-14-19(8-10-22(20)28-11-5-6-12-28)26-24(30)27-21-9-7-17(3)13-18(21)4/h7-10,13-14,16H,5-6,11-12,15H2,1-4H3,(H,25,29)(H2,26,27,30). The smallest absolute Gasteiger partial charge is 0.323 e. The summed E-state index contributed by atoms with van der Waals surface area (Å²) in [4.78, 5) is 27.6. The predicted octanol–water partition coefficient (Wildman–Crippen LogP) is 4.93. The molecule has 2 aromatic rings. The molecule has 3 amide bonds. The molecule has 1 aliphatic rings. The summed E-state index contributed by atoms with van der Waals surface area (Å²) in [6.07, 6.45) is 2.26. The van der Waals surface area contributed by atoms with Crippen LogP contribution in [0.5, 0.6) is 0 Å². The minimum Gasteiger partial charge on any atom is -0.371 e. The van der Waals surface area contributed by atoms with Gasteiger partial charge in [-0.1, -0.05) is 31.5 Å². The number of nitrogens with zero attached hydrogens (tertiary/aromatic N) is 1. The summed E-state index contributed by atoms with van der Waals surface area (Å²) in [7, 11) is 0. The first kappa shape index (κ1) is 21.7. The largest absolute Gasteiger partial charge is 0.371 e. The normalized spacial score (nSPS) is 13.4. The van der Waals surface area contributed by atoms with Crippen molar-refractivity contribution >= 4 is 29.0 Å². The number of hydrogen-bond acceptors (Lipinski definition) is 3. The molecule has 1 heterocycles. The van der Waals surface area contributed by atoms with Gasteiger partial charge in [-0.25, -0.2) is 4.79 Å². The molecule has 3 N–H and O–H groups in total. The number of carbonyl (C=O) groups excluding carboxylic acids is 2. The number of aryl methyl sites for hydroxylation is 2. The molecule has 0 aliphatic carbocycles. The fourth-order valence-corrected chi connectivity index (χ4v) is 3.66. The molecule has 30 heavy (non-hydrogen) atoms. The Labute approximate surface area is 179 Å². The summed E-state index contributed by atoms with van der Waals surface area (Å²) in [5.41, 5.74) is 5.03. The average molecular weight is 409 g/mol. The highest BCUT2D eigenvalue weighted by molar-refractivity contribution is 6.04. The van der Waals surface area contributed by atoms with Crippen LogP contribution in [0.4, 0.5) is 21.9 Å². The lowest BCUT2D eigenvalue weighted by atomic mass is 10.1. The van der Waals surface area contributed by atoms with Crippen LogP contribution >= 0.6 is 0 Å². The molecular weight excluding hydrogens is 376 g/mol. The lowest BCUT2D eigenvalue weighted by Crippen LogP contribution is -2.30. The van der Waals surface area contributed by atoms with Gasteiger partial charge in [-0.15, -0.1) is 0 Å². The van der Waals surface area contributed by atoms with E-state index in [1.807, 2.05) is 44.2 Å². The third-order valence-electron chi connectivity index (χ3n) is 5.25. The Morgan fingerprint density at radius 2 is 1.73 bits per heavy atom. The SMILES string of the molecule is Cc1ccc(NC(=O)Nc2ccc(N3CCCC3)c(C(=O)NCC(C)C)c2)c(C)c1. The molecule has 6 heteroatoms. The van der Waals surface area contributed by atoms with Gasteiger partial charge in [0.15, 0.2) is 0 Å². The fourth-order valence-electron chi connectivity index (χ4n) is 3.66. The van der Waals surface area contributed by atoms with Gasteiger partial charge in [0.1, 0.15) is 0 Å². The Morgan fingerprint density at radius 3 is 2.40 bits per heavy atom. The van der Waals surface area contributed by atoms with Gasteiger partial charge in [0.2, 0.25) is 0 Å². The Hall–Kier alpha value is -3.02. The minimum absolute atomic E-state index is 0.107. The van der Waals surface area contributed by atoms with Crippen LogP contribution in [0.15, 0.2) is 36.4 Å². The maximum Gasteiger partial charge on any atom is 0.323 e. The quantitative estimate of drug-likeness (QED) is 0.634.